The molecule has 8 heteroatoms. The summed E-state index contributed by atoms with van der Waals surface area (Å²) in [6, 6.07) is -0.875. The number of amides is 1. The molecule has 7 nitrogen and oxygen atoms in total. The lowest BCUT2D eigenvalue weighted by Gasteiger charge is -2.59. The van der Waals surface area contributed by atoms with Gasteiger partial charge in [-0.3, -0.25) is 4.79 Å². The summed E-state index contributed by atoms with van der Waals surface area (Å²) in [5, 5.41) is 43.3. The highest BCUT2D eigenvalue weighted by Crippen LogP contribution is 2.63. The molecule has 5 fully saturated rings. The number of carbonyl (C=O) groups excluding carboxylic acids is 1. The first kappa shape index (κ1) is 21.8. The number of aliphatic hydroxyl groups excluding tert-OH is 4. The maximum absolute atomic E-state index is 11.6. The van der Waals surface area contributed by atoms with E-state index in [-0.39, 0.29) is 17.7 Å². The van der Waals surface area contributed by atoms with E-state index in [0.29, 0.717) is 6.42 Å². The van der Waals surface area contributed by atoms with Gasteiger partial charge in [0.25, 0.3) is 0 Å². The molecule has 4 bridgehead atoms. The molecule has 0 aromatic carbocycles. The number of carbonyl (C=O) groups is 1. The van der Waals surface area contributed by atoms with E-state index >= 15 is 0 Å². The Morgan fingerprint density at radius 2 is 1.69 bits per heavy atom. The summed E-state index contributed by atoms with van der Waals surface area (Å²) in [5.74, 6) is 1.96. The minimum Gasteiger partial charge on any atom is -0.394 e. The van der Waals surface area contributed by atoms with Crippen LogP contribution >= 0.6 is 12.6 Å². The zero-order valence-electron chi connectivity index (χ0n) is 17.0. The topological polar surface area (TPSA) is 119 Å². The SMILES string of the molecule is CC(=O)N[C@H]1[C@H]([C@H](O)[C@H](O)CO)O[C@](S)(CC23CC4CC(CC(C4)C2)C3)C[C@@H]1O. The first-order valence-electron chi connectivity index (χ1n) is 10.9. The minimum absolute atomic E-state index is 0.155. The molecular weight excluding hydrogens is 394 g/mol. The van der Waals surface area contributed by atoms with E-state index < -0.39 is 42.0 Å². The van der Waals surface area contributed by atoms with Crippen LogP contribution in [0, 0.1) is 23.2 Å². The Labute approximate surface area is 177 Å². The van der Waals surface area contributed by atoms with Crippen molar-refractivity contribution in [1.82, 2.24) is 5.32 Å². The molecule has 1 heterocycles. The van der Waals surface area contributed by atoms with Crippen LogP contribution in [-0.2, 0) is 9.53 Å². The van der Waals surface area contributed by atoms with Crippen LogP contribution in [-0.4, -0.2) is 68.3 Å². The van der Waals surface area contributed by atoms with Crippen molar-refractivity contribution in [3.8, 4) is 0 Å². The molecule has 5 N–H and O–H groups in total. The Hall–Kier alpha value is -0.380. The van der Waals surface area contributed by atoms with Gasteiger partial charge in [0.2, 0.25) is 5.91 Å². The van der Waals surface area contributed by atoms with Gasteiger partial charge in [-0.25, -0.2) is 0 Å². The van der Waals surface area contributed by atoms with Gasteiger partial charge in [0.05, 0.1) is 18.8 Å². The van der Waals surface area contributed by atoms with Crippen LogP contribution in [0.25, 0.3) is 0 Å². The number of nitrogens with one attached hydrogen (secondary N) is 1. The maximum atomic E-state index is 11.6. The zero-order chi connectivity index (χ0) is 21.0. The molecule has 4 saturated carbocycles. The standard InChI is InChI=1S/C21H35NO6S/c1-11(24)22-17-15(25)8-21(29,28-19(17)18(27)16(26)9-23)10-20-5-12-2-13(6-20)4-14(3-12)7-20/h12-19,23,25-27,29H,2-10H2,1H3,(H,22,24)/t12?,13?,14?,15-,16+,17+,18+,19+,20?,21+/m0/s1. The van der Waals surface area contributed by atoms with Crippen molar-refractivity contribution in [2.24, 2.45) is 23.2 Å². The summed E-state index contributed by atoms with van der Waals surface area (Å²) >= 11 is 4.86. The molecule has 0 aromatic heterocycles. The Morgan fingerprint density at radius 3 is 2.17 bits per heavy atom. The monoisotopic (exact) mass is 429 g/mol. The molecule has 4 aliphatic carbocycles. The fraction of sp³-hybridized carbons (Fsp3) is 0.952. The largest absolute Gasteiger partial charge is 0.394 e. The molecule has 6 atom stereocenters. The Morgan fingerprint density at radius 1 is 1.14 bits per heavy atom. The molecule has 5 aliphatic rings. The third-order valence-electron chi connectivity index (χ3n) is 7.76. The average Bonchev–Trinajstić information content (AvgIpc) is 2.60. The Bertz CT molecular complexity index is 597. The first-order valence-corrected chi connectivity index (χ1v) is 11.4. The highest BCUT2D eigenvalue weighted by atomic mass is 32.1. The van der Waals surface area contributed by atoms with Gasteiger partial charge in [0.1, 0.15) is 23.2 Å². The van der Waals surface area contributed by atoms with Gasteiger partial charge in [-0.15, -0.1) is 12.6 Å². The second-order valence-electron chi connectivity index (χ2n) is 10.4. The highest BCUT2D eigenvalue weighted by Gasteiger charge is 2.56. The third kappa shape index (κ3) is 4.34. The summed E-state index contributed by atoms with van der Waals surface area (Å²) in [6.07, 6.45) is 3.52. The average molecular weight is 430 g/mol. The molecule has 5 rings (SSSR count). The summed E-state index contributed by atoms with van der Waals surface area (Å²) in [7, 11) is 0. The number of rotatable bonds is 6. The van der Waals surface area contributed by atoms with Gasteiger partial charge in [-0.2, -0.15) is 0 Å². The fourth-order valence-electron chi connectivity index (χ4n) is 7.28. The van der Waals surface area contributed by atoms with Crippen molar-refractivity contribution in [3.05, 3.63) is 0 Å². The first-order chi connectivity index (χ1) is 13.6. The number of ether oxygens (including phenoxy) is 1. The lowest BCUT2D eigenvalue weighted by Crippen LogP contribution is -2.65. The maximum Gasteiger partial charge on any atom is 0.217 e. The minimum atomic E-state index is -1.45. The number of thiol groups is 1. The van der Waals surface area contributed by atoms with Crippen LogP contribution in [0.3, 0.4) is 0 Å². The van der Waals surface area contributed by atoms with Crippen LogP contribution in [0.15, 0.2) is 0 Å². The predicted molar refractivity (Wildman–Crippen MR) is 109 cm³/mol. The summed E-state index contributed by atoms with van der Waals surface area (Å²) in [6.45, 7) is 0.690. The molecule has 1 aliphatic heterocycles. The normalized spacial score (nSPS) is 48.3. The molecule has 0 spiro atoms. The van der Waals surface area contributed by atoms with Gasteiger partial charge in [0.15, 0.2) is 0 Å². The number of hydrogen-bond acceptors (Lipinski definition) is 7. The van der Waals surface area contributed by atoms with Gasteiger partial charge >= 0.3 is 0 Å². The van der Waals surface area contributed by atoms with Crippen LogP contribution in [0.2, 0.25) is 0 Å². The summed E-state index contributed by atoms with van der Waals surface area (Å²) in [4.78, 5) is 10.7. The van der Waals surface area contributed by atoms with Crippen molar-refractivity contribution in [2.75, 3.05) is 6.61 Å². The molecule has 166 valence electrons. The molecule has 29 heavy (non-hydrogen) atoms. The van der Waals surface area contributed by atoms with Crippen LogP contribution < -0.4 is 5.32 Å². The third-order valence-corrected chi connectivity index (χ3v) is 8.20. The lowest BCUT2D eigenvalue weighted by atomic mass is 9.48. The highest BCUT2D eigenvalue weighted by molar-refractivity contribution is 7.81. The van der Waals surface area contributed by atoms with E-state index in [9.17, 15) is 25.2 Å². The quantitative estimate of drug-likeness (QED) is 0.344. The van der Waals surface area contributed by atoms with E-state index in [4.69, 9.17) is 17.4 Å². The number of hydrogen-bond donors (Lipinski definition) is 6. The molecule has 0 unspecified atom stereocenters. The molecule has 1 amide bonds. The van der Waals surface area contributed by atoms with Crippen molar-refractivity contribution >= 4 is 18.5 Å². The van der Waals surface area contributed by atoms with Crippen molar-refractivity contribution < 1.29 is 30.0 Å². The van der Waals surface area contributed by atoms with Crippen LogP contribution in [0.1, 0.15) is 58.3 Å². The second-order valence-corrected chi connectivity index (χ2v) is 11.2. The molecule has 0 radical (unpaired) electrons. The van der Waals surface area contributed by atoms with Gasteiger partial charge in [-0.1, -0.05) is 0 Å². The Kier molecular flexibility index (Phi) is 5.99. The van der Waals surface area contributed by atoms with E-state index in [1.807, 2.05) is 0 Å². The van der Waals surface area contributed by atoms with Crippen molar-refractivity contribution in [3.63, 3.8) is 0 Å². The van der Waals surface area contributed by atoms with Crippen LogP contribution in [0.4, 0.5) is 0 Å². The number of aliphatic hydroxyl groups is 4. The van der Waals surface area contributed by atoms with Gasteiger partial charge in [0, 0.05) is 13.3 Å². The summed E-state index contributed by atoms with van der Waals surface area (Å²) < 4.78 is 6.25. The van der Waals surface area contributed by atoms with E-state index in [2.05, 4.69) is 5.32 Å². The van der Waals surface area contributed by atoms with Crippen LogP contribution in [0.5, 0.6) is 0 Å². The molecular formula is C21H35NO6S. The lowest BCUT2D eigenvalue weighted by molar-refractivity contribution is -0.206. The van der Waals surface area contributed by atoms with E-state index in [1.165, 1.54) is 45.4 Å². The predicted octanol–water partition coefficient (Wildman–Crippen LogP) is 0.588. The second kappa shape index (κ2) is 7.95. The Balaban J connectivity index is 1.55. The van der Waals surface area contributed by atoms with Crippen molar-refractivity contribution in [1.29, 1.82) is 0 Å². The van der Waals surface area contributed by atoms with Gasteiger partial charge in [-0.05, 0) is 68.1 Å². The molecule has 0 aromatic rings. The fourth-order valence-corrected chi connectivity index (χ4v) is 7.92. The van der Waals surface area contributed by atoms with E-state index in [0.717, 1.165) is 17.8 Å². The summed E-state index contributed by atoms with van der Waals surface area (Å²) in [5.41, 5.74) is 0.155. The smallest absolute Gasteiger partial charge is 0.217 e. The van der Waals surface area contributed by atoms with Crippen molar-refractivity contribution in [2.45, 2.75) is 93.7 Å². The van der Waals surface area contributed by atoms with E-state index in [1.54, 1.807) is 0 Å². The molecule has 1 saturated heterocycles. The zero-order valence-corrected chi connectivity index (χ0v) is 17.9. The van der Waals surface area contributed by atoms with Gasteiger partial charge < -0.3 is 30.5 Å².